The van der Waals surface area contributed by atoms with Gasteiger partial charge >= 0.3 is 5.97 Å². The van der Waals surface area contributed by atoms with Crippen LogP contribution >= 0.6 is 0 Å². The summed E-state index contributed by atoms with van der Waals surface area (Å²) in [4.78, 5) is 21.8. The van der Waals surface area contributed by atoms with Crippen LogP contribution in [0.15, 0.2) is 12.1 Å². The second-order valence-corrected chi connectivity index (χ2v) is 2.86. The summed E-state index contributed by atoms with van der Waals surface area (Å²) in [5, 5.41) is 18.0. The summed E-state index contributed by atoms with van der Waals surface area (Å²) in [6, 6.07) is 2.24. The van der Waals surface area contributed by atoms with Gasteiger partial charge in [0.15, 0.2) is 11.5 Å². The predicted octanol–water partition coefficient (Wildman–Crippen LogP) is 0.677. The fraction of sp³-hybridized carbons (Fsp3) is 0.200. The van der Waals surface area contributed by atoms with Gasteiger partial charge in [0, 0.05) is 6.07 Å². The average Bonchev–Trinajstić information content (AvgIpc) is 2.27. The van der Waals surface area contributed by atoms with Crippen molar-refractivity contribution >= 4 is 11.8 Å². The monoisotopic (exact) mass is 226 g/mol. The first-order valence-corrected chi connectivity index (χ1v) is 4.23. The summed E-state index contributed by atoms with van der Waals surface area (Å²) in [5.74, 6) is -2.98. The van der Waals surface area contributed by atoms with Crippen LogP contribution in [0.5, 0.6) is 17.2 Å². The highest BCUT2D eigenvalue weighted by atomic mass is 16.5. The van der Waals surface area contributed by atoms with Crippen LogP contribution in [0.1, 0.15) is 10.4 Å². The summed E-state index contributed by atoms with van der Waals surface area (Å²) < 4.78 is 9.63. The molecule has 0 spiro atoms. The number of phenolic OH excluding ortho intramolecular Hbond substituents is 1. The number of aliphatic carboxylic acids is 1. The van der Waals surface area contributed by atoms with E-state index in [1.165, 1.54) is 20.3 Å². The normalized spacial score (nSPS) is 9.62. The van der Waals surface area contributed by atoms with Gasteiger partial charge < -0.3 is 19.7 Å². The Bertz CT molecular complexity index is 437. The smallest absolute Gasteiger partial charge is 0.377 e. The number of aromatic hydroxyl groups is 1. The van der Waals surface area contributed by atoms with Gasteiger partial charge in [0.25, 0.3) is 5.78 Å². The zero-order chi connectivity index (χ0) is 12.3. The third-order valence-electron chi connectivity index (χ3n) is 1.94. The third-order valence-corrected chi connectivity index (χ3v) is 1.94. The lowest BCUT2D eigenvalue weighted by atomic mass is 10.1. The molecule has 2 N–H and O–H groups in total. The molecule has 0 aromatic heterocycles. The van der Waals surface area contributed by atoms with Crippen molar-refractivity contribution in [3.8, 4) is 17.2 Å². The van der Waals surface area contributed by atoms with Crippen molar-refractivity contribution in [2.24, 2.45) is 0 Å². The van der Waals surface area contributed by atoms with Crippen molar-refractivity contribution in [1.29, 1.82) is 0 Å². The van der Waals surface area contributed by atoms with E-state index < -0.39 is 11.8 Å². The predicted molar refractivity (Wildman–Crippen MR) is 53.2 cm³/mol. The van der Waals surface area contributed by atoms with Crippen molar-refractivity contribution in [3.63, 3.8) is 0 Å². The molecule has 0 amide bonds. The SMILES string of the molecule is COc1cc(OC)c(C(=O)C(=O)O)cc1O. The third kappa shape index (κ3) is 2.05. The first kappa shape index (κ1) is 11.8. The highest BCUT2D eigenvalue weighted by molar-refractivity contribution is 6.40. The molecule has 1 aromatic carbocycles. The number of carbonyl (C=O) groups is 2. The topological polar surface area (TPSA) is 93.1 Å². The fourth-order valence-corrected chi connectivity index (χ4v) is 1.17. The quantitative estimate of drug-likeness (QED) is 0.579. The molecule has 6 nitrogen and oxygen atoms in total. The van der Waals surface area contributed by atoms with Gasteiger partial charge in [-0.15, -0.1) is 0 Å². The van der Waals surface area contributed by atoms with Crippen LogP contribution in [0.4, 0.5) is 0 Å². The molecule has 0 unspecified atom stereocenters. The molecule has 86 valence electrons. The maximum Gasteiger partial charge on any atom is 0.377 e. The zero-order valence-electron chi connectivity index (χ0n) is 8.68. The minimum atomic E-state index is -1.62. The summed E-state index contributed by atoms with van der Waals surface area (Å²) in [6.45, 7) is 0. The van der Waals surface area contributed by atoms with Crippen LogP contribution in [0.2, 0.25) is 0 Å². The molecule has 0 fully saturated rings. The lowest BCUT2D eigenvalue weighted by Gasteiger charge is -2.09. The number of hydrogen-bond acceptors (Lipinski definition) is 5. The van der Waals surface area contributed by atoms with Gasteiger partial charge in [0.2, 0.25) is 0 Å². The minimum absolute atomic E-state index is 0.0297. The van der Waals surface area contributed by atoms with Gasteiger partial charge in [0.1, 0.15) is 5.75 Å². The Morgan fingerprint density at radius 2 is 1.69 bits per heavy atom. The number of hydrogen-bond donors (Lipinski definition) is 2. The van der Waals surface area contributed by atoms with Crippen molar-refractivity contribution < 1.29 is 29.3 Å². The van der Waals surface area contributed by atoms with E-state index in [1.54, 1.807) is 0 Å². The Labute approximate surface area is 91.0 Å². The molecule has 1 rings (SSSR count). The van der Waals surface area contributed by atoms with E-state index in [0.717, 1.165) is 6.07 Å². The number of ether oxygens (including phenoxy) is 2. The molecule has 0 saturated heterocycles. The van der Waals surface area contributed by atoms with Crippen LogP contribution in [0.3, 0.4) is 0 Å². The molecular formula is C10H10O6. The largest absolute Gasteiger partial charge is 0.504 e. The molecule has 1 aromatic rings. The highest BCUT2D eigenvalue weighted by Crippen LogP contribution is 2.33. The molecule has 0 atom stereocenters. The molecular weight excluding hydrogens is 216 g/mol. The van der Waals surface area contributed by atoms with Crippen LogP contribution in [-0.2, 0) is 4.79 Å². The van der Waals surface area contributed by atoms with E-state index in [2.05, 4.69) is 0 Å². The van der Waals surface area contributed by atoms with Gasteiger partial charge in [-0.3, -0.25) is 4.79 Å². The number of rotatable bonds is 4. The van der Waals surface area contributed by atoms with E-state index in [4.69, 9.17) is 14.6 Å². The van der Waals surface area contributed by atoms with Crippen LogP contribution in [0.25, 0.3) is 0 Å². The number of Topliss-reactive ketones (excluding diaryl/α,β-unsaturated/α-hetero) is 1. The van der Waals surface area contributed by atoms with Gasteiger partial charge in [-0.2, -0.15) is 0 Å². The standard InChI is InChI=1S/C10H10O6/c1-15-7-4-8(16-2)6(11)3-5(7)9(12)10(13)14/h3-4,11H,1-2H3,(H,13,14). The van der Waals surface area contributed by atoms with Gasteiger partial charge in [-0.1, -0.05) is 0 Å². The lowest BCUT2D eigenvalue weighted by Crippen LogP contribution is -2.13. The maximum absolute atomic E-state index is 11.2. The molecule has 6 heteroatoms. The van der Waals surface area contributed by atoms with Crippen molar-refractivity contribution in [2.45, 2.75) is 0 Å². The number of phenols is 1. The Kier molecular flexibility index (Phi) is 3.34. The average molecular weight is 226 g/mol. The van der Waals surface area contributed by atoms with E-state index in [1.807, 2.05) is 0 Å². The summed E-state index contributed by atoms with van der Waals surface area (Å²) in [5.41, 5.74) is -0.228. The van der Waals surface area contributed by atoms with Crippen molar-refractivity contribution in [1.82, 2.24) is 0 Å². The van der Waals surface area contributed by atoms with Gasteiger partial charge in [0.05, 0.1) is 19.8 Å². The molecule has 0 bridgehead atoms. The van der Waals surface area contributed by atoms with E-state index in [-0.39, 0.29) is 22.8 Å². The van der Waals surface area contributed by atoms with Gasteiger partial charge in [-0.05, 0) is 6.07 Å². The van der Waals surface area contributed by atoms with Crippen LogP contribution in [0, 0.1) is 0 Å². The van der Waals surface area contributed by atoms with Gasteiger partial charge in [-0.25, -0.2) is 4.79 Å². The van der Waals surface area contributed by atoms with E-state index >= 15 is 0 Å². The number of carboxylic acid groups (broad SMARTS) is 1. The number of methoxy groups -OCH3 is 2. The molecule has 0 aliphatic carbocycles. The number of carboxylic acids is 1. The summed E-state index contributed by atoms with van der Waals surface area (Å²) in [7, 11) is 2.61. The minimum Gasteiger partial charge on any atom is -0.504 e. The zero-order valence-corrected chi connectivity index (χ0v) is 8.68. The molecule has 0 aliphatic rings. The second-order valence-electron chi connectivity index (χ2n) is 2.86. The van der Waals surface area contributed by atoms with Crippen molar-refractivity contribution in [2.75, 3.05) is 14.2 Å². The molecule has 0 aliphatic heterocycles. The van der Waals surface area contributed by atoms with E-state index in [0.29, 0.717) is 0 Å². The summed E-state index contributed by atoms with van der Waals surface area (Å²) in [6.07, 6.45) is 0. The van der Waals surface area contributed by atoms with Crippen molar-refractivity contribution in [3.05, 3.63) is 17.7 Å². The Hall–Kier alpha value is -2.24. The Morgan fingerprint density at radius 1 is 1.12 bits per heavy atom. The first-order valence-electron chi connectivity index (χ1n) is 4.23. The molecule has 0 saturated carbocycles. The second kappa shape index (κ2) is 4.52. The van der Waals surface area contributed by atoms with E-state index in [9.17, 15) is 14.7 Å². The summed E-state index contributed by atoms with van der Waals surface area (Å²) >= 11 is 0. The number of ketones is 1. The lowest BCUT2D eigenvalue weighted by molar-refractivity contribution is -0.131. The fourth-order valence-electron chi connectivity index (χ4n) is 1.17. The Morgan fingerprint density at radius 3 is 2.12 bits per heavy atom. The molecule has 0 heterocycles. The maximum atomic E-state index is 11.2. The first-order chi connectivity index (χ1) is 7.51. The van der Waals surface area contributed by atoms with Crippen LogP contribution in [-0.4, -0.2) is 36.2 Å². The Balaban J connectivity index is 3.34. The molecule has 0 radical (unpaired) electrons. The van der Waals surface area contributed by atoms with Crippen LogP contribution < -0.4 is 9.47 Å². The number of benzene rings is 1. The molecule has 16 heavy (non-hydrogen) atoms. The number of carbonyl (C=O) groups excluding carboxylic acids is 1. The highest BCUT2D eigenvalue weighted by Gasteiger charge is 2.21.